The maximum atomic E-state index is 2.35. The van der Waals surface area contributed by atoms with Crippen LogP contribution in [0.1, 0.15) is 87.8 Å². The molecule has 1 aliphatic carbocycles. The van der Waals surface area contributed by atoms with Crippen LogP contribution < -0.4 is 0 Å². The van der Waals surface area contributed by atoms with Crippen LogP contribution in [-0.2, 0) is 0 Å². The van der Waals surface area contributed by atoms with E-state index in [-0.39, 0.29) is 0 Å². The Bertz CT molecular complexity index is 341. The molecule has 1 saturated carbocycles. The Hall–Kier alpha value is -0.780. The van der Waals surface area contributed by atoms with Crippen LogP contribution in [0.25, 0.3) is 0 Å². The molecule has 1 aromatic carbocycles. The van der Waals surface area contributed by atoms with Gasteiger partial charge in [-0.25, -0.2) is 0 Å². The molecule has 94 valence electrons. The van der Waals surface area contributed by atoms with Crippen LogP contribution in [0.3, 0.4) is 0 Å². The lowest BCUT2D eigenvalue weighted by Crippen LogP contribution is -2.06. The van der Waals surface area contributed by atoms with Crippen molar-refractivity contribution in [2.45, 2.75) is 71.1 Å². The predicted molar refractivity (Wildman–Crippen MR) is 75.8 cm³/mol. The third-order valence-electron chi connectivity index (χ3n) is 4.18. The zero-order valence-electron chi connectivity index (χ0n) is 11.8. The first-order chi connectivity index (χ1) is 8.11. The van der Waals surface area contributed by atoms with Crippen LogP contribution in [-0.4, -0.2) is 0 Å². The molecule has 0 heterocycles. The molecule has 0 spiro atoms. The van der Waals surface area contributed by atoms with Crippen molar-refractivity contribution in [2.75, 3.05) is 0 Å². The molecule has 0 atom stereocenters. The van der Waals surface area contributed by atoms with Crippen LogP contribution >= 0.6 is 0 Å². The Morgan fingerprint density at radius 2 is 1.35 bits per heavy atom. The number of benzene rings is 1. The van der Waals surface area contributed by atoms with E-state index < -0.39 is 0 Å². The van der Waals surface area contributed by atoms with Crippen LogP contribution in [0.4, 0.5) is 0 Å². The molecule has 1 fully saturated rings. The van der Waals surface area contributed by atoms with Gasteiger partial charge in [-0.1, -0.05) is 58.7 Å². The normalized spacial score (nSPS) is 17.3. The largest absolute Gasteiger partial charge is 0.0617 e. The van der Waals surface area contributed by atoms with E-state index in [9.17, 15) is 0 Å². The van der Waals surface area contributed by atoms with E-state index in [0.29, 0.717) is 11.8 Å². The van der Waals surface area contributed by atoms with Gasteiger partial charge in [0.25, 0.3) is 0 Å². The molecule has 0 aliphatic heterocycles. The predicted octanol–water partition coefficient (Wildman–Crippen LogP) is 5.59. The van der Waals surface area contributed by atoms with Crippen molar-refractivity contribution >= 4 is 0 Å². The molecular weight excluding hydrogens is 204 g/mol. The molecule has 0 N–H and O–H groups in total. The summed E-state index contributed by atoms with van der Waals surface area (Å²) in [7, 11) is 0. The fourth-order valence-corrected chi connectivity index (χ4v) is 3.29. The molecule has 1 aromatic rings. The number of hydrogen-bond donors (Lipinski definition) is 0. The van der Waals surface area contributed by atoms with Crippen LogP contribution in [0.5, 0.6) is 0 Å². The van der Waals surface area contributed by atoms with Crippen molar-refractivity contribution in [3.05, 3.63) is 34.9 Å². The van der Waals surface area contributed by atoms with Gasteiger partial charge in [-0.15, -0.1) is 0 Å². The van der Waals surface area contributed by atoms with E-state index in [2.05, 4.69) is 45.9 Å². The van der Waals surface area contributed by atoms with E-state index in [1.807, 2.05) is 0 Å². The second kappa shape index (κ2) is 5.25. The Kier molecular flexibility index (Phi) is 3.91. The Labute approximate surface area is 106 Å². The maximum absolute atomic E-state index is 2.35. The third-order valence-corrected chi connectivity index (χ3v) is 4.18. The second-order valence-corrected chi connectivity index (χ2v) is 6.14. The lowest BCUT2D eigenvalue weighted by molar-refractivity contribution is 0.675. The minimum absolute atomic E-state index is 0.657. The summed E-state index contributed by atoms with van der Waals surface area (Å²) >= 11 is 0. The average Bonchev–Trinajstić information content (AvgIpc) is 2.80. The summed E-state index contributed by atoms with van der Waals surface area (Å²) in [6, 6.07) is 6.96. The summed E-state index contributed by atoms with van der Waals surface area (Å²) in [4.78, 5) is 0. The fourth-order valence-electron chi connectivity index (χ4n) is 3.29. The summed E-state index contributed by atoms with van der Waals surface area (Å²) in [6.45, 7) is 9.32. The quantitative estimate of drug-likeness (QED) is 0.635. The van der Waals surface area contributed by atoms with E-state index in [1.165, 1.54) is 25.7 Å². The fraction of sp³-hybridized carbons (Fsp3) is 0.647. The van der Waals surface area contributed by atoms with Crippen molar-refractivity contribution < 1.29 is 0 Å². The van der Waals surface area contributed by atoms with Gasteiger partial charge in [-0.3, -0.25) is 0 Å². The highest BCUT2D eigenvalue weighted by molar-refractivity contribution is 5.41. The van der Waals surface area contributed by atoms with Crippen molar-refractivity contribution in [3.8, 4) is 0 Å². The van der Waals surface area contributed by atoms with Crippen LogP contribution in [0.15, 0.2) is 18.2 Å². The van der Waals surface area contributed by atoms with E-state index >= 15 is 0 Å². The molecular formula is C17H26. The summed E-state index contributed by atoms with van der Waals surface area (Å²) < 4.78 is 0. The lowest BCUT2D eigenvalue weighted by atomic mass is 9.81. The molecule has 0 nitrogen and oxygen atoms in total. The first-order valence-electron chi connectivity index (χ1n) is 7.24. The van der Waals surface area contributed by atoms with Gasteiger partial charge in [0, 0.05) is 0 Å². The van der Waals surface area contributed by atoms with E-state index in [0.717, 1.165) is 5.92 Å². The standard InChI is InChI=1S/C17H26/c1-12(2)15-10-7-11-16(13(3)4)17(15)14-8-5-6-9-14/h7,10-14H,5-6,8-9H2,1-4H3. The zero-order chi connectivity index (χ0) is 12.4. The first kappa shape index (κ1) is 12.7. The van der Waals surface area contributed by atoms with Crippen molar-refractivity contribution in [1.29, 1.82) is 0 Å². The third kappa shape index (κ3) is 2.56. The van der Waals surface area contributed by atoms with Gasteiger partial charge in [0.05, 0.1) is 0 Å². The summed E-state index contributed by atoms with van der Waals surface area (Å²) in [6.07, 6.45) is 5.66. The van der Waals surface area contributed by atoms with Crippen molar-refractivity contribution in [3.63, 3.8) is 0 Å². The van der Waals surface area contributed by atoms with Gasteiger partial charge in [-0.05, 0) is 47.3 Å². The van der Waals surface area contributed by atoms with Gasteiger partial charge in [0.15, 0.2) is 0 Å². The molecule has 1 aliphatic rings. The van der Waals surface area contributed by atoms with Crippen molar-refractivity contribution in [2.24, 2.45) is 0 Å². The minimum Gasteiger partial charge on any atom is -0.0617 e. The highest BCUT2D eigenvalue weighted by atomic mass is 14.3. The zero-order valence-corrected chi connectivity index (χ0v) is 11.8. The van der Waals surface area contributed by atoms with E-state index in [4.69, 9.17) is 0 Å². The lowest BCUT2D eigenvalue weighted by Gasteiger charge is -2.24. The summed E-state index contributed by atoms with van der Waals surface area (Å²) in [5.74, 6) is 2.15. The van der Waals surface area contributed by atoms with Crippen LogP contribution in [0, 0.1) is 0 Å². The summed E-state index contributed by atoms with van der Waals surface area (Å²) in [5.41, 5.74) is 4.90. The smallest absolute Gasteiger partial charge is 0.0156 e. The molecule has 0 aromatic heterocycles. The van der Waals surface area contributed by atoms with Gasteiger partial charge in [0.1, 0.15) is 0 Å². The number of hydrogen-bond acceptors (Lipinski definition) is 0. The molecule has 0 bridgehead atoms. The van der Waals surface area contributed by atoms with Crippen LogP contribution in [0.2, 0.25) is 0 Å². The molecule has 0 amide bonds. The first-order valence-corrected chi connectivity index (χ1v) is 7.24. The SMILES string of the molecule is CC(C)c1cccc(C(C)C)c1C1CCCC1. The molecule has 17 heavy (non-hydrogen) atoms. The molecule has 2 rings (SSSR count). The van der Waals surface area contributed by atoms with Gasteiger partial charge >= 0.3 is 0 Å². The van der Waals surface area contributed by atoms with E-state index in [1.54, 1.807) is 16.7 Å². The Balaban J connectivity index is 2.49. The average molecular weight is 230 g/mol. The molecule has 0 unspecified atom stereocenters. The highest BCUT2D eigenvalue weighted by Gasteiger charge is 2.24. The monoisotopic (exact) mass is 230 g/mol. The second-order valence-electron chi connectivity index (χ2n) is 6.14. The molecule has 0 saturated heterocycles. The Morgan fingerprint density at radius 1 is 0.882 bits per heavy atom. The van der Waals surface area contributed by atoms with Gasteiger partial charge in [0.2, 0.25) is 0 Å². The van der Waals surface area contributed by atoms with Gasteiger partial charge in [-0.2, -0.15) is 0 Å². The Morgan fingerprint density at radius 3 is 1.76 bits per heavy atom. The van der Waals surface area contributed by atoms with Crippen molar-refractivity contribution in [1.82, 2.24) is 0 Å². The number of rotatable bonds is 3. The minimum atomic E-state index is 0.657. The van der Waals surface area contributed by atoms with Gasteiger partial charge < -0.3 is 0 Å². The summed E-state index contributed by atoms with van der Waals surface area (Å²) in [5, 5.41) is 0. The molecule has 0 heteroatoms. The highest BCUT2D eigenvalue weighted by Crippen LogP contribution is 2.41. The molecule has 0 radical (unpaired) electrons. The topological polar surface area (TPSA) is 0 Å². The maximum Gasteiger partial charge on any atom is -0.0156 e.